The predicted molar refractivity (Wildman–Crippen MR) is 78.2 cm³/mol. The first-order valence-electron chi connectivity index (χ1n) is 6.16. The lowest BCUT2D eigenvalue weighted by Gasteiger charge is -2.14. The van der Waals surface area contributed by atoms with Crippen LogP contribution in [-0.4, -0.2) is 19.6 Å². The van der Waals surface area contributed by atoms with E-state index in [1.165, 1.54) is 6.92 Å². The highest BCUT2D eigenvalue weighted by atomic mass is 32.2. The monoisotopic (exact) mass is 336 g/mol. The van der Waals surface area contributed by atoms with Crippen LogP contribution in [0.15, 0.2) is 22.6 Å². The summed E-state index contributed by atoms with van der Waals surface area (Å²) in [7, 11) is -1.68. The molecule has 22 heavy (non-hydrogen) atoms. The van der Waals surface area contributed by atoms with Crippen molar-refractivity contribution in [3.63, 3.8) is 0 Å². The van der Waals surface area contributed by atoms with E-state index >= 15 is 0 Å². The van der Waals surface area contributed by atoms with Crippen molar-refractivity contribution >= 4 is 22.4 Å². The maximum Gasteiger partial charge on any atom is 0.416 e. The van der Waals surface area contributed by atoms with Crippen molar-refractivity contribution in [2.45, 2.75) is 38.6 Å². The summed E-state index contributed by atoms with van der Waals surface area (Å²) >= 11 is 0. The molecule has 0 amide bonds. The summed E-state index contributed by atoms with van der Waals surface area (Å²) in [5.41, 5.74) is -1.88. The van der Waals surface area contributed by atoms with E-state index < -0.39 is 38.1 Å². The van der Waals surface area contributed by atoms with E-state index in [1.54, 1.807) is 20.8 Å². The van der Waals surface area contributed by atoms with Gasteiger partial charge in [0.2, 0.25) is 0 Å². The van der Waals surface area contributed by atoms with Crippen LogP contribution in [-0.2, 0) is 17.2 Å². The van der Waals surface area contributed by atoms with Crippen molar-refractivity contribution in [3.05, 3.63) is 39.4 Å². The van der Waals surface area contributed by atoms with Gasteiger partial charge in [0.1, 0.15) is 11.0 Å². The van der Waals surface area contributed by atoms with Crippen LogP contribution in [0, 0.1) is 10.1 Å². The van der Waals surface area contributed by atoms with Crippen molar-refractivity contribution in [2.75, 3.05) is 0 Å². The van der Waals surface area contributed by atoms with E-state index in [2.05, 4.69) is 4.40 Å². The summed E-state index contributed by atoms with van der Waals surface area (Å²) in [5, 5.41) is 10.8. The minimum absolute atomic E-state index is 0.0439. The minimum atomic E-state index is -4.72. The van der Waals surface area contributed by atoms with E-state index in [1.807, 2.05) is 0 Å². The molecule has 0 radical (unpaired) electrons. The van der Waals surface area contributed by atoms with E-state index in [4.69, 9.17) is 0 Å². The normalized spacial score (nSPS) is 14.8. The zero-order chi connectivity index (χ0) is 17.3. The summed E-state index contributed by atoms with van der Waals surface area (Å²) in [6.07, 6.45) is -4.72. The molecule has 0 saturated heterocycles. The average molecular weight is 336 g/mol. The third kappa shape index (κ3) is 4.62. The van der Waals surface area contributed by atoms with Gasteiger partial charge in [-0.3, -0.25) is 10.1 Å². The summed E-state index contributed by atoms with van der Waals surface area (Å²) in [6, 6.07) is 2.19. The van der Waals surface area contributed by atoms with Crippen molar-refractivity contribution in [2.24, 2.45) is 4.40 Å². The summed E-state index contributed by atoms with van der Waals surface area (Å²) in [6.45, 7) is 6.35. The molecule has 0 aliphatic heterocycles. The largest absolute Gasteiger partial charge is 0.416 e. The van der Waals surface area contributed by atoms with Crippen LogP contribution in [0.25, 0.3) is 0 Å². The zero-order valence-corrected chi connectivity index (χ0v) is 13.2. The lowest BCUT2D eigenvalue weighted by Crippen LogP contribution is -2.20. The second-order valence-electron chi connectivity index (χ2n) is 5.56. The van der Waals surface area contributed by atoms with Gasteiger partial charge in [-0.25, -0.2) is 4.21 Å². The number of hydrogen-bond acceptors (Lipinski definition) is 3. The average Bonchev–Trinajstić information content (AvgIpc) is 2.35. The van der Waals surface area contributed by atoms with Crippen molar-refractivity contribution < 1.29 is 22.3 Å². The van der Waals surface area contributed by atoms with Crippen molar-refractivity contribution in [1.29, 1.82) is 0 Å². The highest BCUT2D eigenvalue weighted by molar-refractivity contribution is 7.85. The Kier molecular flexibility index (Phi) is 5.11. The van der Waals surface area contributed by atoms with Crippen LogP contribution in [0.1, 0.15) is 38.8 Å². The molecular weight excluding hydrogens is 321 g/mol. The Morgan fingerprint density at radius 1 is 1.23 bits per heavy atom. The molecule has 122 valence electrons. The van der Waals surface area contributed by atoms with E-state index in [-0.39, 0.29) is 11.3 Å². The van der Waals surface area contributed by atoms with Crippen LogP contribution in [0.3, 0.4) is 0 Å². The Bertz CT molecular complexity index is 649. The maximum absolute atomic E-state index is 12.8. The van der Waals surface area contributed by atoms with E-state index in [9.17, 15) is 27.5 Å². The molecule has 1 rings (SSSR count). The first-order valence-corrected chi connectivity index (χ1v) is 7.27. The van der Waals surface area contributed by atoms with Gasteiger partial charge >= 0.3 is 6.18 Å². The molecule has 9 heteroatoms. The number of nitrogens with zero attached hydrogens (tertiary/aromatic N) is 2. The third-order valence-electron chi connectivity index (χ3n) is 2.62. The third-order valence-corrected chi connectivity index (χ3v) is 4.10. The first kappa shape index (κ1) is 18.3. The molecule has 1 unspecified atom stereocenters. The molecular formula is C13H15F3N2O3S. The first-order chi connectivity index (χ1) is 9.82. The second-order valence-corrected chi connectivity index (χ2v) is 7.47. The van der Waals surface area contributed by atoms with Gasteiger partial charge < -0.3 is 0 Å². The molecule has 1 aromatic carbocycles. The topological polar surface area (TPSA) is 72.6 Å². The molecule has 0 spiro atoms. The molecule has 0 bridgehead atoms. The van der Waals surface area contributed by atoms with Crippen LogP contribution in [0.2, 0.25) is 0 Å². The number of benzene rings is 1. The standard InChI is InChI=1S/C13H15F3N2O3S/c1-8(17-22(21)12(2,3)4)9-5-10(13(14,15)16)7-11(6-9)18(19)20/h5-7H,1-4H3/b17-8+. The van der Waals surface area contributed by atoms with Gasteiger partial charge in [0.05, 0.1) is 20.9 Å². The Morgan fingerprint density at radius 2 is 1.77 bits per heavy atom. The molecule has 0 aliphatic rings. The van der Waals surface area contributed by atoms with Crippen LogP contribution < -0.4 is 0 Å². The molecule has 1 aromatic rings. The molecule has 5 nitrogen and oxygen atoms in total. The van der Waals surface area contributed by atoms with Crippen LogP contribution >= 0.6 is 0 Å². The molecule has 0 aromatic heterocycles. The molecule has 0 N–H and O–H groups in total. The number of alkyl halides is 3. The molecule has 0 saturated carbocycles. The lowest BCUT2D eigenvalue weighted by molar-refractivity contribution is -0.385. The molecule has 0 heterocycles. The van der Waals surface area contributed by atoms with Crippen molar-refractivity contribution in [1.82, 2.24) is 0 Å². The summed E-state index contributed by atoms with van der Waals surface area (Å²) in [5.74, 6) is 0. The van der Waals surface area contributed by atoms with Gasteiger partial charge in [-0.1, -0.05) is 0 Å². The number of hydrogen-bond donors (Lipinski definition) is 0. The van der Waals surface area contributed by atoms with Gasteiger partial charge in [0.15, 0.2) is 0 Å². The SMILES string of the molecule is C/C(=N\S(=O)C(C)(C)C)c1cc([N+](=O)[O-])cc(C(F)(F)F)c1. The van der Waals surface area contributed by atoms with Gasteiger partial charge in [-0.2, -0.15) is 17.6 Å². The molecule has 0 fully saturated rings. The minimum Gasteiger partial charge on any atom is -0.258 e. The fourth-order valence-electron chi connectivity index (χ4n) is 1.40. The van der Waals surface area contributed by atoms with Crippen LogP contribution in [0.4, 0.5) is 18.9 Å². The van der Waals surface area contributed by atoms with E-state index in [0.717, 1.165) is 12.1 Å². The molecule has 0 aliphatic carbocycles. The second kappa shape index (κ2) is 6.15. The Balaban J connectivity index is 3.41. The quantitative estimate of drug-likeness (QED) is 0.477. The number of nitro benzene ring substituents is 1. The summed E-state index contributed by atoms with van der Waals surface area (Å²) < 4.78 is 53.5. The fourth-order valence-corrected chi connectivity index (χ4v) is 2.03. The lowest BCUT2D eigenvalue weighted by atomic mass is 10.1. The van der Waals surface area contributed by atoms with E-state index in [0.29, 0.717) is 6.07 Å². The Hall–Kier alpha value is -1.77. The van der Waals surface area contributed by atoms with Gasteiger partial charge in [0, 0.05) is 17.7 Å². The summed E-state index contributed by atoms with van der Waals surface area (Å²) in [4.78, 5) is 9.86. The van der Waals surface area contributed by atoms with Gasteiger partial charge in [-0.05, 0) is 33.8 Å². The van der Waals surface area contributed by atoms with Gasteiger partial charge in [0.25, 0.3) is 5.69 Å². The number of halogens is 3. The Morgan fingerprint density at radius 3 is 2.18 bits per heavy atom. The number of rotatable bonds is 3. The molecule has 1 atom stereocenters. The number of nitro groups is 1. The number of non-ortho nitro benzene ring substituents is 1. The maximum atomic E-state index is 12.8. The van der Waals surface area contributed by atoms with Gasteiger partial charge in [-0.15, -0.1) is 0 Å². The van der Waals surface area contributed by atoms with Crippen LogP contribution in [0.5, 0.6) is 0 Å². The highest BCUT2D eigenvalue weighted by Gasteiger charge is 2.33. The highest BCUT2D eigenvalue weighted by Crippen LogP contribution is 2.32. The van der Waals surface area contributed by atoms with Crippen molar-refractivity contribution in [3.8, 4) is 0 Å². The Labute approximate surface area is 128 Å². The fraction of sp³-hybridized carbons (Fsp3) is 0.462. The predicted octanol–water partition coefficient (Wildman–Crippen LogP) is 3.88. The zero-order valence-electron chi connectivity index (χ0n) is 12.4. The smallest absolute Gasteiger partial charge is 0.258 e.